The minimum atomic E-state index is -0.315. The number of benzene rings is 2. The fourth-order valence-corrected chi connectivity index (χ4v) is 6.04. The molecule has 0 saturated carbocycles. The van der Waals surface area contributed by atoms with E-state index in [1.165, 1.54) is 18.3 Å². The molecule has 0 aliphatic carbocycles. The quantitative estimate of drug-likeness (QED) is 0.357. The third-order valence-corrected chi connectivity index (χ3v) is 8.16. The van der Waals surface area contributed by atoms with Crippen molar-refractivity contribution in [3.63, 3.8) is 0 Å². The number of aryl methyl sites for hydroxylation is 1. The van der Waals surface area contributed by atoms with Crippen LogP contribution in [0.3, 0.4) is 0 Å². The number of pyridine rings is 1. The summed E-state index contributed by atoms with van der Waals surface area (Å²) in [4.78, 5) is 30.5. The summed E-state index contributed by atoms with van der Waals surface area (Å²) < 4.78 is 14.0. The van der Waals surface area contributed by atoms with E-state index in [1.807, 2.05) is 42.2 Å². The highest BCUT2D eigenvalue weighted by Crippen LogP contribution is 2.33. The van der Waals surface area contributed by atoms with Gasteiger partial charge in [-0.1, -0.05) is 42.5 Å². The first kappa shape index (κ1) is 26.8. The van der Waals surface area contributed by atoms with Gasteiger partial charge >= 0.3 is 0 Å². The van der Waals surface area contributed by atoms with Crippen LogP contribution in [0.1, 0.15) is 45.2 Å². The number of nitrogens with one attached hydrogen (secondary N) is 1. The van der Waals surface area contributed by atoms with E-state index in [4.69, 9.17) is 0 Å². The van der Waals surface area contributed by atoms with Gasteiger partial charge in [-0.2, -0.15) is 4.73 Å². The van der Waals surface area contributed by atoms with Gasteiger partial charge in [-0.25, -0.2) is 4.39 Å². The lowest BCUT2D eigenvalue weighted by Crippen LogP contribution is -2.38. The van der Waals surface area contributed by atoms with Crippen LogP contribution in [0.15, 0.2) is 66.9 Å². The lowest BCUT2D eigenvalue weighted by atomic mass is 10.0. The Morgan fingerprint density at radius 2 is 1.67 bits per heavy atom. The monoisotopic (exact) mass is 530 g/mol. The lowest BCUT2D eigenvalue weighted by molar-refractivity contribution is -0.612. The van der Waals surface area contributed by atoms with Crippen LogP contribution in [0.4, 0.5) is 4.39 Å². The van der Waals surface area contributed by atoms with Crippen LogP contribution in [0.5, 0.6) is 0 Å². The summed E-state index contributed by atoms with van der Waals surface area (Å²) in [5.41, 5.74) is 3.64. The van der Waals surface area contributed by atoms with Crippen molar-refractivity contribution in [1.82, 2.24) is 15.1 Å². The van der Waals surface area contributed by atoms with Crippen molar-refractivity contribution in [2.45, 2.75) is 32.7 Å². The zero-order valence-electron chi connectivity index (χ0n) is 22.5. The number of amides is 2. The number of halogens is 1. The molecule has 0 radical (unpaired) electrons. The Kier molecular flexibility index (Phi) is 7.93. The number of fused-ring (bicyclic) bond motifs is 1. The van der Waals surface area contributed by atoms with E-state index in [1.54, 1.807) is 25.1 Å². The van der Waals surface area contributed by atoms with E-state index < -0.39 is 0 Å². The second kappa shape index (κ2) is 11.5. The molecule has 8 heteroatoms. The smallest absolute Gasteiger partial charge is 0.260 e. The molecule has 2 saturated heterocycles. The van der Waals surface area contributed by atoms with Gasteiger partial charge in [0.05, 0.1) is 12.5 Å². The summed E-state index contributed by atoms with van der Waals surface area (Å²) >= 11 is 0. The number of hydrogen-bond acceptors (Lipinski definition) is 4. The highest BCUT2D eigenvalue weighted by molar-refractivity contribution is 5.96. The highest BCUT2D eigenvalue weighted by Gasteiger charge is 2.42. The van der Waals surface area contributed by atoms with Gasteiger partial charge in [0.2, 0.25) is 11.6 Å². The van der Waals surface area contributed by atoms with Gasteiger partial charge in [0.15, 0.2) is 6.20 Å². The maximum absolute atomic E-state index is 13.3. The SMILES string of the molecule is Cc1cc[n+]([O-])c(C)c1C(=O)N1CC2CN(CCC(NC(=O)Cc3ccc(F)cc3)c3ccccc3)C[C@H]2C1. The summed E-state index contributed by atoms with van der Waals surface area (Å²) in [6.45, 7) is 7.63. The first-order valence-corrected chi connectivity index (χ1v) is 13.6. The molecule has 2 aliphatic heterocycles. The van der Waals surface area contributed by atoms with E-state index in [-0.39, 0.29) is 30.1 Å². The van der Waals surface area contributed by atoms with Crippen molar-refractivity contribution < 1.29 is 18.7 Å². The predicted molar refractivity (Wildman–Crippen MR) is 146 cm³/mol. The van der Waals surface area contributed by atoms with Crippen molar-refractivity contribution in [1.29, 1.82) is 0 Å². The van der Waals surface area contributed by atoms with E-state index in [0.717, 1.165) is 47.5 Å². The van der Waals surface area contributed by atoms with Crippen LogP contribution in [0, 0.1) is 36.7 Å². The van der Waals surface area contributed by atoms with Gasteiger partial charge in [-0.05, 0) is 54.0 Å². The Labute approximate surface area is 228 Å². The fourth-order valence-electron chi connectivity index (χ4n) is 6.04. The first-order valence-electron chi connectivity index (χ1n) is 13.6. The average Bonchev–Trinajstić information content (AvgIpc) is 3.50. The van der Waals surface area contributed by atoms with Crippen molar-refractivity contribution in [2.75, 3.05) is 32.7 Å². The maximum atomic E-state index is 13.3. The van der Waals surface area contributed by atoms with Gasteiger partial charge in [0.1, 0.15) is 11.4 Å². The Morgan fingerprint density at radius 1 is 1.00 bits per heavy atom. The number of nitrogens with zero attached hydrogens (tertiary/aromatic N) is 3. The molecule has 2 amide bonds. The van der Waals surface area contributed by atoms with Gasteiger partial charge in [-0.15, -0.1) is 0 Å². The lowest BCUT2D eigenvalue weighted by Gasteiger charge is -2.25. The van der Waals surface area contributed by atoms with Crippen LogP contribution >= 0.6 is 0 Å². The number of carbonyl (C=O) groups is 2. The van der Waals surface area contributed by atoms with Crippen molar-refractivity contribution in [3.05, 3.63) is 106 Å². The average molecular weight is 531 g/mol. The summed E-state index contributed by atoms with van der Waals surface area (Å²) in [5, 5.41) is 15.2. The number of carbonyl (C=O) groups excluding carboxylic acids is 2. The molecule has 2 unspecified atom stereocenters. The second-order valence-corrected chi connectivity index (χ2v) is 10.9. The molecule has 1 N–H and O–H groups in total. The zero-order valence-corrected chi connectivity index (χ0v) is 22.5. The Morgan fingerprint density at radius 3 is 2.33 bits per heavy atom. The normalized spacial score (nSPS) is 19.6. The van der Waals surface area contributed by atoms with Gasteiger partial charge in [0.25, 0.3) is 5.91 Å². The molecule has 2 aliphatic rings. The highest BCUT2D eigenvalue weighted by atomic mass is 19.1. The van der Waals surface area contributed by atoms with Gasteiger partial charge in [-0.3, -0.25) is 9.59 Å². The molecule has 3 aromatic rings. The number of hydrogen-bond donors (Lipinski definition) is 1. The summed E-state index contributed by atoms with van der Waals surface area (Å²) in [7, 11) is 0. The standard InChI is InChI=1S/C31H35FN4O3/c1-21-12-15-36(39)22(2)30(21)31(38)35-19-25-17-34(18-26(25)20-35)14-13-28(24-6-4-3-5-7-24)33-29(37)16-23-8-10-27(32)11-9-23/h3-12,15,25-26,28H,13-14,16-20H2,1-2H3,(H,33,37)/t25-,26?,28?/m0/s1. The summed E-state index contributed by atoms with van der Waals surface area (Å²) in [5.74, 6) is 0.352. The van der Waals surface area contributed by atoms with Crippen molar-refractivity contribution in [3.8, 4) is 0 Å². The van der Waals surface area contributed by atoms with E-state index >= 15 is 0 Å². The third-order valence-electron chi connectivity index (χ3n) is 8.16. The molecular weight excluding hydrogens is 495 g/mol. The van der Waals surface area contributed by atoms with Crippen LogP contribution in [-0.4, -0.2) is 54.3 Å². The molecule has 2 fully saturated rings. The molecule has 0 spiro atoms. The third kappa shape index (κ3) is 6.11. The predicted octanol–water partition coefficient (Wildman–Crippen LogP) is 3.57. The minimum Gasteiger partial charge on any atom is -0.618 e. The molecule has 3 atom stereocenters. The number of rotatable bonds is 8. The fraction of sp³-hybridized carbons (Fsp3) is 0.387. The van der Waals surface area contributed by atoms with E-state index in [0.29, 0.717) is 36.2 Å². The molecule has 5 rings (SSSR count). The van der Waals surface area contributed by atoms with Crippen LogP contribution < -0.4 is 10.0 Å². The molecule has 2 aromatic carbocycles. The topological polar surface area (TPSA) is 79.6 Å². The molecule has 1 aromatic heterocycles. The summed E-state index contributed by atoms with van der Waals surface area (Å²) in [6.07, 6.45) is 2.42. The van der Waals surface area contributed by atoms with Crippen molar-refractivity contribution >= 4 is 11.8 Å². The van der Waals surface area contributed by atoms with Crippen LogP contribution in [0.25, 0.3) is 0 Å². The summed E-state index contributed by atoms with van der Waals surface area (Å²) in [6, 6.07) is 17.6. The van der Waals surface area contributed by atoms with Crippen molar-refractivity contribution in [2.24, 2.45) is 11.8 Å². The Hall–Kier alpha value is -3.78. The minimum absolute atomic E-state index is 0.0517. The van der Waals surface area contributed by atoms with E-state index in [2.05, 4.69) is 10.2 Å². The Balaban J connectivity index is 1.17. The zero-order chi connectivity index (χ0) is 27.5. The van der Waals surface area contributed by atoms with Gasteiger partial charge < -0.3 is 20.3 Å². The molecule has 0 bridgehead atoms. The maximum Gasteiger partial charge on any atom is 0.260 e. The van der Waals surface area contributed by atoms with E-state index in [9.17, 15) is 19.2 Å². The molecule has 3 heterocycles. The largest absolute Gasteiger partial charge is 0.618 e. The molecular formula is C31H35FN4O3. The molecule has 7 nitrogen and oxygen atoms in total. The second-order valence-electron chi connectivity index (χ2n) is 10.9. The molecule has 39 heavy (non-hydrogen) atoms. The Bertz CT molecular complexity index is 1320. The first-order chi connectivity index (χ1) is 18.8. The number of aromatic nitrogens is 1. The van der Waals surface area contributed by atoms with Crippen LogP contribution in [0.2, 0.25) is 0 Å². The van der Waals surface area contributed by atoms with Gasteiger partial charge in [0, 0.05) is 45.7 Å². The molecule has 204 valence electrons. The number of likely N-dealkylation sites (tertiary alicyclic amines) is 2. The van der Waals surface area contributed by atoms with Crippen LogP contribution in [-0.2, 0) is 11.2 Å².